The first-order valence-electron chi connectivity index (χ1n) is 8.79. The van der Waals surface area contributed by atoms with E-state index in [1.807, 2.05) is 4.90 Å². The van der Waals surface area contributed by atoms with Crippen LogP contribution in [0, 0.1) is 22.2 Å². The van der Waals surface area contributed by atoms with Crippen LogP contribution in [0.25, 0.3) is 0 Å². The Labute approximate surface area is 128 Å². The van der Waals surface area contributed by atoms with Crippen molar-refractivity contribution in [1.29, 1.82) is 0 Å². The number of aliphatic hydroxyl groups excluding tert-OH is 1. The van der Waals surface area contributed by atoms with Crippen LogP contribution < -0.4 is 0 Å². The van der Waals surface area contributed by atoms with Crippen LogP contribution in [0.1, 0.15) is 65.2 Å². The second-order valence-corrected chi connectivity index (χ2v) is 9.36. The summed E-state index contributed by atoms with van der Waals surface area (Å²) in [6.07, 6.45) is 9.57. The van der Waals surface area contributed by atoms with Crippen molar-refractivity contribution in [3.05, 3.63) is 0 Å². The van der Waals surface area contributed by atoms with Gasteiger partial charge in [0.15, 0.2) is 0 Å². The van der Waals surface area contributed by atoms with E-state index in [0.717, 1.165) is 38.0 Å². The third-order valence-electron chi connectivity index (χ3n) is 6.67. The Morgan fingerprint density at radius 2 is 1.71 bits per heavy atom. The topological polar surface area (TPSA) is 40.5 Å². The molecule has 1 amide bonds. The Balaban J connectivity index is 1.65. The molecule has 1 N–H and O–H groups in total. The van der Waals surface area contributed by atoms with Gasteiger partial charge < -0.3 is 10.0 Å². The molecule has 2 atom stereocenters. The molecule has 0 aromatic rings. The van der Waals surface area contributed by atoms with Gasteiger partial charge in [0.25, 0.3) is 0 Å². The van der Waals surface area contributed by atoms with Crippen LogP contribution >= 0.6 is 0 Å². The van der Waals surface area contributed by atoms with Gasteiger partial charge in [-0.25, -0.2) is 0 Å². The van der Waals surface area contributed by atoms with Crippen molar-refractivity contribution >= 4 is 5.91 Å². The molecule has 0 radical (unpaired) electrons. The zero-order chi connectivity index (χ0) is 14.9. The minimum absolute atomic E-state index is 0.0966. The molecule has 0 spiro atoms. The predicted octanol–water partition coefficient (Wildman–Crippen LogP) is 2.97. The summed E-state index contributed by atoms with van der Waals surface area (Å²) in [4.78, 5) is 15.4. The van der Waals surface area contributed by atoms with Gasteiger partial charge in [0, 0.05) is 12.6 Å². The van der Waals surface area contributed by atoms with Crippen molar-refractivity contribution in [2.75, 3.05) is 13.2 Å². The summed E-state index contributed by atoms with van der Waals surface area (Å²) in [6, 6.07) is 0.429. The summed E-state index contributed by atoms with van der Waals surface area (Å²) < 4.78 is 0. The van der Waals surface area contributed by atoms with E-state index in [0.29, 0.717) is 29.3 Å². The normalized spacial score (nSPS) is 47.7. The van der Waals surface area contributed by atoms with Gasteiger partial charge in [-0.1, -0.05) is 13.8 Å². The van der Waals surface area contributed by atoms with Crippen molar-refractivity contribution in [2.24, 2.45) is 22.2 Å². The fraction of sp³-hybridized carbons (Fsp3) is 0.944. The molecule has 2 unspecified atom stereocenters. The van der Waals surface area contributed by atoms with Gasteiger partial charge in [-0.05, 0) is 68.1 Å². The molecule has 5 fully saturated rings. The van der Waals surface area contributed by atoms with E-state index in [9.17, 15) is 9.90 Å². The van der Waals surface area contributed by atoms with Crippen molar-refractivity contribution in [1.82, 2.24) is 4.90 Å². The third-order valence-corrected chi connectivity index (χ3v) is 6.67. The van der Waals surface area contributed by atoms with Crippen LogP contribution in [0.15, 0.2) is 0 Å². The highest BCUT2D eigenvalue weighted by Crippen LogP contribution is 2.70. The standard InChI is InChI=1S/C18H29NO2/c1-16-7-13-8-17(2,10-16)12-18(9-13,11-16)15(21)19(5-6-20)14-3-4-14/h13-14,20H,3-12H2,1-2H3. The molecule has 0 saturated heterocycles. The molecule has 5 saturated carbocycles. The summed E-state index contributed by atoms with van der Waals surface area (Å²) in [5.41, 5.74) is 0.678. The molecule has 5 aliphatic carbocycles. The molecule has 5 aliphatic rings. The van der Waals surface area contributed by atoms with Crippen LogP contribution in [0.5, 0.6) is 0 Å². The number of aliphatic hydroxyl groups is 1. The number of carbonyl (C=O) groups excluding carboxylic acids is 1. The molecule has 118 valence electrons. The van der Waals surface area contributed by atoms with Crippen molar-refractivity contribution < 1.29 is 9.90 Å². The largest absolute Gasteiger partial charge is 0.395 e. The van der Waals surface area contributed by atoms with Gasteiger partial charge in [0.05, 0.1) is 12.0 Å². The monoisotopic (exact) mass is 291 g/mol. The molecular weight excluding hydrogens is 262 g/mol. The molecule has 5 rings (SSSR count). The van der Waals surface area contributed by atoms with Crippen LogP contribution in [-0.4, -0.2) is 35.1 Å². The maximum absolute atomic E-state index is 13.4. The summed E-state index contributed by atoms with van der Waals surface area (Å²) in [6.45, 7) is 5.50. The van der Waals surface area contributed by atoms with E-state index >= 15 is 0 Å². The number of hydrogen-bond acceptors (Lipinski definition) is 2. The molecule has 0 aromatic heterocycles. The molecule has 3 nitrogen and oxygen atoms in total. The molecule has 21 heavy (non-hydrogen) atoms. The van der Waals surface area contributed by atoms with E-state index in [1.54, 1.807) is 0 Å². The highest BCUT2D eigenvalue weighted by molar-refractivity contribution is 5.84. The zero-order valence-corrected chi connectivity index (χ0v) is 13.5. The van der Waals surface area contributed by atoms with Gasteiger partial charge in [-0.15, -0.1) is 0 Å². The summed E-state index contributed by atoms with van der Waals surface area (Å²) in [5, 5.41) is 9.35. The molecule has 4 bridgehead atoms. The van der Waals surface area contributed by atoms with Crippen LogP contribution in [-0.2, 0) is 4.79 Å². The number of rotatable bonds is 4. The van der Waals surface area contributed by atoms with Crippen LogP contribution in [0.3, 0.4) is 0 Å². The highest BCUT2D eigenvalue weighted by atomic mass is 16.3. The minimum atomic E-state index is -0.0966. The Morgan fingerprint density at radius 1 is 1.10 bits per heavy atom. The van der Waals surface area contributed by atoms with Gasteiger partial charge in [0.1, 0.15) is 0 Å². The molecular formula is C18H29NO2. The van der Waals surface area contributed by atoms with Crippen LogP contribution in [0.4, 0.5) is 0 Å². The lowest BCUT2D eigenvalue weighted by atomic mass is 9.40. The second-order valence-electron chi connectivity index (χ2n) is 9.36. The molecule has 0 heterocycles. The SMILES string of the molecule is CC12CC3CC(C)(C1)CC(C(=O)N(CCO)C1CC1)(C3)C2. The lowest BCUT2D eigenvalue weighted by Crippen LogP contribution is -2.60. The smallest absolute Gasteiger partial charge is 0.229 e. The average Bonchev–Trinajstić information content (AvgIpc) is 3.14. The van der Waals surface area contributed by atoms with E-state index in [4.69, 9.17) is 0 Å². The van der Waals surface area contributed by atoms with Crippen molar-refractivity contribution in [3.8, 4) is 0 Å². The number of hydrogen-bond donors (Lipinski definition) is 1. The Hall–Kier alpha value is -0.570. The summed E-state index contributed by atoms with van der Waals surface area (Å²) >= 11 is 0. The van der Waals surface area contributed by atoms with E-state index in [2.05, 4.69) is 13.8 Å². The third kappa shape index (κ3) is 2.15. The number of carbonyl (C=O) groups is 1. The van der Waals surface area contributed by atoms with Crippen molar-refractivity contribution in [2.45, 2.75) is 71.3 Å². The minimum Gasteiger partial charge on any atom is -0.395 e. The number of amides is 1. The van der Waals surface area contributed by atoms with Crippen molar-refractivity contribution in [3.63, 3.8) is 0 Å². The van der Waals surface area contributed by atoms with E-state index in [-0.39, 0.29) is 12.0 Å². The maximum atomic E-state index is 13.4. The fourth-order valence-electron chi connectivity index (χ4n) is 6.93. The van der Waals surface area contributed by atoms with E-state index in [1.165, 1.54) is 19.3 Å². The lowest BCUT2D eigenvalue weighted by Gasteiger charge is -2.65. The molecule has 0 aromatic carbocycles. The second kappa shape index (κ2) is 4.24. The maximum Gasteiger partial charge on any atom is 0.229 e. The summed E-state index contributed by atoms with van der Waals surface area (Å²) in [7, 11) is 0. The average molecular weight is 291 g/mol. The van der Waals surface area contributed by atoms with Gasteiger partial charge in [-0.3, -0.25) is 4.79 Å². The lowest BCUT2D eigenvalue weighted by molar-refractivity contribution is -0.180. The van der Waals surface area contributed by atoms with Crippen LogP contribution in [0.2, 0.25) is 0 Å². The highest BCUT2D eigenvalue weighted by Gasteiger charge is 2.63. The first-order chi connectivity index (χ1) is 9.87. The first kappa shape index (κ1) is 14.0. The predicted molar refractivity (Wildman–Crippen MR) is 81.7 cm³/mol. The van der Waals surface area contributed by atoms with Gasteiger partial charge >= 0.3 is 0 Å². The fourth-order valence-corrected chi connectivity index (χ4v) is 6.93. The number of nitrogens with zero attached hydrogens (tertiary/aromatic N) is 1. The van der Waals surface area contributed by atoms with Gasteiger partial charge in [-0.2, -0.15) is 0 Å². The molecule has 3 heteroatoms. The summed E-state index contributed by atoms with van der Waals surface area (Å²) in [5.74, 6) is 1.15. The zero-order valence-electron chi connectivity index (χ0n) is 13.5. The Morgan fingerprint density at radius 3 is 2.19 bits per heavy atom. The molecule has 0 aliphatic heterocycles. The quantitative estimate of drug-likeness (QED) is 0.865. The van der Waals surface area contributed by atoms with Gasteiger partial charge in [0.2, 0.25) is 5.91 Å². The first-order valence-corrected chi connectivity index (χ1v) is 8.79. The Bertz CT molecular complexity index is 452. The van der Waals surface area contributed by atoms with E-state index < -0.39 is 0 Å². The Kier molecular flexibility index (Phi) is 2.84.